The molecule has 70 valence electrons. The molecule has 12 heavy (non-hydrogen) atoms. The highest BCUT2D eigenvalue weighted by atomic mass is 16.4. The minimum Gasteiger partial charge on any atom is -0.465 e. The van der Waals surface area contributed by atoms with Gasteiger partial charge in [0.25, 0.3) is 0 Å². The number of carboxylic acid groups (broad SMARTS) is 1. The fourth-order valence-electron chi connectivity index (χ4n) is 1.73. The highest BCUT2D eigenvalue weighted by molar-refractivity contribution is 5.64. The molecule has 0 bridgehead atoms. The van der Waals surface area contributed by atoms with Gasteiger partial charge >= 0.3 is 6.09 Å². The van der Waals surface area contributed by atoms with Crippen LogP contribution in [0.25, 0.3) is 0 Å². The van der Waals surface area contributed by atoms with Crippen LogP contribution in [0, 0.1) is 5.92 Å². The summed E-state index contributed by atoms with van der Waals surface area (Å²) >= 11 is 0. The Morgan fingerprint density at radius 3 is 2.75 bits per heavy atom. The normalized spacial score (nSPS) is 36.0. The van der Waals surface area contributed by atoms with Crippen LogP contribution in [-0.4, -0.2) is 23.3 Å². The van der Waals surface area contributed by atoms with Gasteiger partial charge in [-0.3, -0.25) is 0 Å². The van der Waals surface area contributed by atoms with Crippen molar-refractivity contribution in [2.45, 2.75) is 38.3 Å². The average Bonchev–Trinajstić information content (AvgIpc) is 1.96. The molecule has 0 radical (unpaired) electrons. The fraction of sp³-hybridized carbons (Fsp3) is 0.875. The van der Waals surface area contributed by atoms with Crippen LogP contribution in [0.15, 0.2) is 0 Å². The summed E-state index contributed by atoms with van der Waals surface area (Å²) in [6, 6.07) is 0.356. The summed E-state index contributed by atoms with van der Waals surface area (Å²) in [6.07, 6.45) is 1.74. The van der Waals surface area contributed by atoms with Crippen LogP contribution in [0.2, 0.25) is 0 Å². The Bertz CT molecular complexity index is 172. The number of nitrogens with two attached hydrogens (primary N) is 1. The van der Waals surface area contributed by atoms with Crippen LogP contribution in [0.3, 0.4) is 0 Å². The van der Waals surface area contributed by atoms with Gasteiger partial charge in [0.2, 0.25) is 0 Å². The maximum absolute atomic E-state index is 10.3. The molecule has 1 aliphatic carbocycles. The standard InChI is InChI=1S/C8H16N2O2/c1-5-4-6(10-8(11)12)2-3-7(5)9/h5-7,10H,2-4,9H2,1H3,(H,11,12)/t5-,6-,7-/m1/s1. The van der Waals surface area contributed by atoms with Gasteiger partial charge in [0.1, 0.15) is 0 Å². The average molecular weight is 172 g/mol. The Balaban J connectivity index is 2.35. The molecule has 1 aliphatic rings. The van der Waals surface area contributed by atoms with Crippen molar-refractivity contribution in [2.75, 3.05) is 0 Å². The zero-order valence-corrected chi connectivity index (χ0v) is 7.29. The van der Waals surface area contributed by atoms with E-state index in [9.17, 15) is 4.79 Å². The van der Waals surface area contributed by atoms with E-state index in [2.05, 4.69) is 12.2 Å². The molecule has 1 saturated carbocycles. The summed E-state index contributed by atoms with van der Waals surface area (Å²) < 4.78 is 0. The van der Waals surface area contributed by atoms with Crippen molar-refractivity contribution >= 4 is 6.09 Å². The molecular weight excluding hydrogens is 156 g/mol. The Kier molecular flexibility index (Phi) is 2.92. The largest absolute Gasteiger partial charge is 0.465 e. The molecule has 4 N–H and O–H groups in total. The Morgan fingerprint density at radius 2 is 2.25 bits per heavy atom. The number of hydrogen-bond acceptors (Lipinski definition) is 2. The van der Waals surface area contributed by atoms with Crippen molar-refractivity contribution in [1.29, 1.82) is 0 Å². The molecule has 1 rings (SSSR count). The number of hydrogen-bond donors (Lipinski definition) is 3. The van der Waals surface area contributed by atoms with Gasteiger partial charge in [0.15, 0.2) is 0 Å². The van der Waals surface area contributed by atoms with Crippen molar-refractivity contribution in [3.63, 3.8) is 0 Å². The maximum Gasteiger partial charge on any atom is 0.404 e. The van der Waals surface area contributed by atoms with Crippen LogP contribution in [0.5, 0.6) is 0 Å². The Morgan fingerprint density at radius 1 is 1.58 bits per heavy atom. The van der Waals surface area contributed by atoms with Crippen molar-refractivity contribution in [3.05, 3.63) is 0 Å². The second-order valence-electron chi connectivity index (χ2n) is 3.60. The second-order valence-corrected chi connectivity index (χ2v) is 3.60. The number of nitrogens with one attached hydrogen (secondary N) is 1. The Hall–Kier alpha value is -0.770. The van der Waals surface area contributed by atoms with E-state index in [4.69, 9.17) is 10.8 Å². The molecule has 1 fully saturated rings. The van der Waals surface area contributed by atoms with E-state index in [-0.39, 0.29) is 12.1 Å². The first-order valence-electron chi connectivity index (χ1n) is 4.34. The van der Waals surface area contributed by atoms with Crippen molar-refractivity contribution in [3.8, 4) is 0 Å². The van der Waals surface area contributed by atoms with Crippen LogP contribution >= 0.6 is 0 Å². The molecule has 0 aromatic carbocycles. The zero-order chi connectivity index (χ0) is 9.14. The van der Waals surface area contributed by atoms with Crippen LogP contribution in [0.4, 0.5) is 4.79 Å². The van der Waals surface area contributed by atoms with Crippen molar-refractivity contribution in [1.82, 2.24) is 5.32 Å². The molecule has 0 aromatic rings. The lowest BCUT2D eigenvalue weighted by molar-refractivity contribution is 0.179. The van der Waals surface area contributed by atoms with Gasteiger partial charge in [-0.1, -0.05) is 6.92 Å². The van der Waals surface area contributed by atoms with E-state index in [0.717, 1.165) is 19.3 Å². The third-order valence-corrected chi connectivity index (χ3v) is 2.56. The summed E-state index contributed by atoms with van der Waals surface area (Å²) in [5.41, 5.74) is 5.80. The minimum atomic E-state index is -0.928. The molecule has 0 saturated heterocycles. The highest BCUT2D eigenvalue weighted by Gasteiger charge is 2.25. The van der Waals surface area contributed by atoms with Crippen molar-refractivity contribution in [2.24, 2.45) is 11.7 Å². The number of carbonyl (C=O) groups is 1. The maximum atomic E-state index is 10.3. The molecule has 0 heterocycles. The third kappa shape index (κ3) is 2.37. The zero-order valence-electron chi connectivity index (χ0n) is 7.29. The number of amides is 1. The summed E-state index contributed by atoms with van der Waals surface area (Å²) in [7, 11) is 0. The number of rotatable bonds is 1. The van der Waals surface area contributed by atoms with E-state index in [0.29, 0.717) is 5.92 Å². The van der Waals surface area contributed by atoms with Gasteiger partial charge in [-0.15, -0.1) is 0 Å². The lowest BCUT2D eigenvalue weighted by Gasteiger charge is -2.31. The SMILES string of the molecule is C[C@@H]1C[C@H](NC(=O)O)CC[C@H]1N. The van der Waals surface area contributed by atoms with E-state index in [1.165, 1.54) is 0 Å². The van der Waals surface area contributed by atoms with E-state index in [1.54, 1.807) is 0 Å². The lowest BCUT2D eigenvalue weighted by atomic mass is 9.83. The van der Waals surface area contributed by atoms with Crippen molar-refractivity contribution < 1.29 is 9.90 Å². The monoisotopic (exact) mass is 172 g/mol. The summed E-state index contributed by atoms with van der Waals surface area (Å²) in [4.78, 5) is 10.3. The molecule has 4 nitrogen and oxygen atoms in total. The molecule has 0 aliphatic heterocycles. The van der Waals surface area contributed by atoms with E-state index < -0.39 is 6.09 Å². The van der Waals surface area contributed by atoms with Gasteiger partial charge in [0, 0.05) is 12.1 Å². The molecule has 3 atom stereocenters. The predicted molar refractivity (Wildman–Crippen MR) is 45.9 cm³/mol. The molecular formula is C8H16N2O2. The van der Waals surface area contributed by atoms with Gasteiger partial charge in [0.05, 0.1) is 0 Å². The second kappa shape index (κ2) is 3.76. The highest BCUT2D eigenvalue weighted by Crippen LogP contribution is 2.22. The molecule has 0 aromatic heterocycles. The summed E-state index contributed by atoms with van der Waals surface area (Å²) in [5.74, 6) is 0.426. The molecule has 4 heteroatoms. The topological polar surface area (TPSA) is 75.3 Å². The van der Waals surface area contributed by atoms with Crippen LogP contribution in [-0.2, 0) is 0 Å². The molecule has 0 unspecified atom stereocenters. The van der Waals surface area contributed by atoms with Crippen LogP contribution < -0.4 is 11.1 Å². The fourth-order valence-corrected chi connectivity index (χ4v) is 1.73. The quantitative estimate of drug-likeness (QED) is 0.547. The van der Waals surface area contributed by atoms with E-state index >= 15 is 0 Å². The summed E-state index contributed by atoms with van der Waals surface area (Å²) in [6.45, 7) is 2.07. The smallest absolute Gasteiger partial charge is 0.404 e. The Labute approximate surface area is 72.1 Å². The van der Waals surface area contributed by atoms with Gasteiger partial charge < -0.3 is 16.2 Å². The molecule has 1 amide bonds. The predicted octanol–water partition coefficient (Wildman–Crippen LogP) is 0.770. The van der Waals surface area contributed by atoms with Gasteiger partial charge in [-0.2, -0.15) is 0 Å². The first kappa shape index (κ1) is 9.32. The minimum absolute atomic E-state index is 0.109. The lowest BCUT2D eigenvalue weighted by Crippen LogP contribution is -2.43. The van der Waals surface area contributed by atoms with E-state index in [1.807, 2.05) is 0 Å². The van der Waals surface area contributed by atoms with Crippen LogP contribution in [0.1, 0.15) is 26.2 Å². The first-order chi connectivity index (χ1) is 5.59. The first-order valence-corrected chi connectivity index (χ1v) is 4.34. The van der Waals surface area contributed by atoms with Gasteiger partial charge in [-0.25, -0.2) is 4.79 Å². The van der Waals surface area contributed by atoms with Gasteiger partial charge in [-0.05, 0) is 25.2 Å². The molecule has 0 spiro atoms. The third-order valence-electron chi connectivity index (χ3n) is 2.56. The summed E-state index contributed by atoms with van der Waals surface area (Å²) in [5, 5.41) is 11.0.